The Morgan fingerprint density at radius 2 is 1.30 bits per heavy atom. The van der Waals surface area contributed by atoms with Crippen molar-refractivity contribution >= 4 is 0 Å². The molecule has 0 nitrogen and oxygen atoms in total. The molecule has 0 heteroatoms. The number of rotatable bonds is 2. The maximum absolute atomic E-state index is 4.04. The minimum absolute atomic E-state index is 0. The van der Waals surface area contributed by atoms with E-state index in [2.05, 4.69) is 45.2 Å². The first kappa shape index (κ1) is 26.6. The van der Waals surface area contributed by atoms with E-state index in [0.717, 1.165) is 0 Å². The molecule has 0 unspecified atom stereocenters. The molecule has 1 spiro atoms. The topological polar surface area (TPSA) is 0 Å². The van der Waals surface area contributed by atoms with Gasteiger partial charge in [-0.15, -0.1) is 0 Å². The fourth-order valence-corrected chi connectivity index (χ4v) is 3.74. The van der Waals surface area contributed by atoms with Gasteiger partial charge in [0.2, 0.25) is 0 Å². The van der Waals surface area contributed by atoms with Gasteiger partial charge < -0.3 is 0 Å². The lowest BCUT2D eigenvalue weighted by Crippen LogP contribution is -2.17. The minimum Gasteiger partial charge on any atom is -0.0987 e. The van der Waals surface area contributed by atoms with Gasteiger partial charge in [0.05, 0.1) is 0 Å². The zero-order valence-corrected chi connectivity index (χ0v) is 15.1. The SMILES string of the molecule is C.C.C=CC1=C(C=C)C2(CCCC2)C(=C/C)/C1=C\C.CC.CC. The van der Waals surface area contributed by atoms with Crippen molar-refractivity contribution in [2.24, 2.45) is 5.41 Å². The van der Waals surface area contributed by atoms with Gasteiger partial charge in [-0.25, -0.2) is 0 Å². The summed E-state index contributed by atoms with van der Waals surface area (Å²) in [6.07, 6.45) is 13.8. The van der Waals surface area contributed by atoms with Gasteiger partial charge in [0, 0.05) is 5.41 Å². The van der Waals surface area contributed by atoms with Crippen molar-refractivity contribution < 1.29 is 0 Å². The highest BCUT2D eigenvalue weighted by Crippen LogP contribution is 2.59. The molecule has 23 heavy (non-hydrogen) atoms. The summed E-state index contributed by atoms with van der Waals surface area (Å²) in [7, 11) is 0. The first-order valence-electron chi connectivity index (χ1n) is 8.58. The van der Waals surface area contributed by atoms with E-state index in [-0.39, 0.29) is 20.3 Å². The second-order valence-corrected chi connectivity index (χ2v) is 4.93. The minimum atomic E-state index is 0. The van der Waals surface area contributed by atoms with Crippen LogP contribution in [0.25, 0.3) is 0 Å². The molecule has 134 valence electrons. The zero-order valence-electron chi connectivity index (χ0n) is 15.1. The molecule has 0 aromatic rings. The zero-order chi connectivity index (χ0) is 16.5. The van der Waals surface area contributed by atoms with Crippen molar-refractivity contribution in [3.05, 3.63) is 59.8 Å². The molecule has 0 heterocycles. The van der Waals surface area contributed by atoms with Gasteiger partial charge in [0.1, 0.15) is 0 Å². The molecular formula is C23H42. The average Bonchev–Trinajstić information content (AvgIpc) is 3.14. The molecular weight excluding hydrogens is 276 g/mol. The second kappa shape index (κ2) is 13.2. The summed E-state index contributed by atoms with van der Waals surface area (Å²) in [6, 6.07) is 0. The Labute approximate surface area is 147 Å². The van der Waals surface area contributed by atoms with Crippen molar-refractivity contribution in [2.75, 3.05) is 0 Å². The molecule has 0 bridgehead atoms. The maximum atomic E-state index is 4.04. The first-order chi connectivity index (χ1) is 10.2. The van der Waals surface area contributed by atoms with E-state index in [1.54, 1.807) is 0 Å². The van der Waals surface area contributed by atoms with Crippen LogP contribution < -0.4 is 0 Å². The summed E-state index contributed by atoms with van der Waals surface area (Å²) in [4.78, 5) is 0. The van der Waals surface area contributed by atoms with E-state index in [4.69, 9.17) is 0 Å². The van der Waals surface area contributed by atoms with Crippen molar-refractivity contribution in [3.63, 3.8) is 0 Å². The summed E-state index contributed by atoms with van der Waals surface area (Å²) in [5.41, 5.74) is 5.84. The Kier molecular flexibility index (Phi) is 15.2. The first-order valence-corrected chi connectivity index (χ1v) is 8.58. The normalized spacial score (nSPS) is 20.8. The maximum Gasteiger partial charge on any atom is 0.0211 e. The van der Waals surface area contributed by atoms with Crippen LogP contribution in [0.3, 0.4) is 0 Å². The van der Waals surface area contributed by atoms with Crippen molar-refractivity contribution in [3.8, 4) is 0 Å². The molecule has 0 aromatic carbocycles. The molecule has 0 radical (unpaired) electrons. The van der Waals surface area contributed by atoms with Crippen molar-refractivity contribution in [1.82, 2.24) is 0 Å². The Hall–Kier alpha value is -1.30. The monoisotopic (exact) mass is 318 g/mol. The van der Waals surface area contributed by atoms with Crippen LogP contribution in [0.15, 0.2) is 59.8 Å². The summed E-state index contributed by atoms with van der Waals surface area (Å²) < 4.78 is 0. The smallest absolute Gasteiger partial charge is 0.0211 e. The third-order valence-corrected chi connectivity index (χ3v) is 4.34. The third kappa shape index (κ3) is 4.59. The largest absolute Gasteiger partial charge is 0.0987 e. The number of allylic oxidation sites excluding steroid dienone is 8. The van der Waals surface area contributed by atoms with Crippen LogP contribution in [0.1, 0.15) is 82.1 Å². The van der Waals surface area contributed by atoms with E-state index >= 15 is 0 Å². The highest BCUT2D eigenvalue weighted by Gasteiger charge is 2.46. The van der Waals surface area contributed by atoms with Gasteiger partial charge in [0.25, 0.3) is 0 Å². The van der Waals surface area contributed by atoms with Crippen LogP contribution in [0.5, 0.6) is 0 Å². The standard InChI is InChI=1S/C17H22.2C2H6.2CH4/c1-5-13-14(6-2)16(8-4)17(15(13)7-3)11-9-10-12-17;2*1-2;;/h5-8H,1,3,9-12H2,2,4H3;2*1-2H3;2*1H4/b14-6-,16-8+;;;;. The Bertz CT molecular complexity index is 435. The van der Waals surface area contributed by atoms with Crippen LogP contribution in [0, 0.1) is 5.41 Å². The Morgan fingerprint density at radius 3 is 1.61 bits per heavy atom. The average molecular weight is 319 g/mol. The quantitative estimate of drug-likeness (QED) is 0.479. The van der Waals surface area contributed by atoms with E-state index in [1.165, 1.54) is 48.0 Å². The Morgan fingerprint density at radius 1 is 0.826 bits per heavy atom. The van der Waals surface area contributed by atoms with Gasteiger partial charge >= 0.3 is 0 Å². The molecule has 2 rings (SSSR count). The summed E-state index contributed by atoms with van der Waals surface area (Å²) in [5, 5.41) is 0. The van der Waals surface area contributed by atoms with Gasteiger partial charge in [-0.2, -0.15) is 0 Å². The van der Waals surface area contributed by atoms with E-state index < -0.39 is 0 Å². The lowest BCUT2D eigenvalue weighted by molar-refractivity contribution is 0.476. The highest BCUT2D eigenvalue weighted by atomic mass is 14.5. The molecule has 0 saturated heterocycles. The molecule has 0 amide bonds. The fraction of sp³-hybridized carbons (Fsp3) is 0.565. The van der Waals surface area contributed by atoms with Crippen molar-refractivity contribution in [2.45, 2.75) is 82.1 Å². The summed E-state index contributed by atoms with van der Waals surface area (Å²) in [5.74, 6) is 0. The molecule has 0 atom stereocenters. The lowest BCUT2D eigenvalue weighted by Gasteiger charge is -2.28. The molecule has 1 fully saturated rings. The lowest BCUT2D eigenvalue weighted by atomic mass is 9.75. The fourth-order valence-electron chi connectivity index (χ4n) is 3.74. The third-order valence-electron chi connectivity index (χ3n) is 4.34. The predicted molar refractivity (Wildman–Crippen MR) is 112 cm³/mol. The second-order valence-electron chi connectivity index (χ2n) is 4.93. The van der Waals surface area contributed by atoms with Gasteiger partial charge in [-0.1, -0.05) is 92.9 Å². The summed E-state index contributed by atoms with van der Waals surface area (Å²) >= 11 is 0. The van der Waals surface area contributed by atoms with Crippen LogP contribution in [-0.4, -0.2) is 0 Å². The molecule has 0 aromatic heterocycles. The molecule has 2 aliphatic rings. The highest BCUT2D eigenvalue weighted by molar-refractivity contribution is 5.68. The van der Waals surface area contributed by atoms with E-state index in [9.17, 15) is 0 Å². The van der Waals surface area contributed by atoms with E-state index in [1.807, 2.05) is 33.8 Å². The molecule has 2 aliphatic carbocycles. The van der Waals surface area contributed by atoms with Crippen LogP contribution >= 0.6 is 0 Å². The Balaban J connectivity index is -0.000000619. The number of hydrogen-bond acceptors (Lipinski definition) is 0. The molecule has 0 aliphatic heterocycles. The summed E-state index contributed by atoms with van der Waals surface area (Å²) in [6.45, 7) is 20.3. The number of hydrogen-bond donors (Lipinski definition) is 0. The van der Waals surface area contributed by atoms with Crippen LogP contribution in [0.4, 0.5) is 0 Å². The van der Waals surface area contributed by atoms with Crippen LogP contribution in [0.2, 0.25) is 0 Å². The van der Waals surface area contributed by atoms with E-state index in [0.29, 0.717) is 0 Å². The van der Waals surface area contributed by atoms with Gasteiger partial charge in [0.15, 0.2) is 0 Å². The van der Waals surface area contributed by atoms with Crippen LogP contribution in [-0.2, 0) is 0 Å². The van der Waals surface area contributed by atoms with Gasteiger partial charge in [-0.3, -0.25) is 0 Å². The molecule has 1 saturated carbocycles. The predicted octanol–water partition coefficient (Wildman–Crippen LogP) is 8.45. The molecule has 0 N–H and O–H groups in total. The van der Waals surface area contributed by atoms with Crippen molar-refractivity contribution in [1.29, 1.82) is 0 Å². The van der Waals surface area contributed by atoms with Gasteiger partial charge in [-0.05, 0) is 49.0 Å².